The number of anilines is 1. The molecule has 1 aliphatic rings. The van der Waals surface area contributed by atoms with Gasteiger partial charge in [-0.05, 0) is 54.7 Å². The van der Waals surface area contributed by atoms with Crippen LogP contribution in [0.4, 0.5) is 5.69 Å². The lowest BCUT2D eigenvalue weighted by Gasteiger charge is -2.28. The third kappa shape index (κ3) is 4.37. The molecule has 1 N–H and O–H groups in total. The number of carbonyl (C=O) groups excluding carboxylic acids is 1. The SMILES string of the molecule is CC(=O)Nc1c(C)noc1C=Cc1ccc(C)c(S(=O)(=O)N2CCc3ccccc3C2)c1. The summed E-state index contributed by atoms with van der Waals surface area (Å²) in [5, 5.41) is 6.59. The zero-order chi connectivity index (χ0) is 22.9. The first-order valence-electron chi connectivity index (χ1n) is 10.4. The molecule has 32 heavy (non-hydrogen) atoms. The maximum Gasteiger partial charge on any atom is 0.243 e. The van der Waals surface area contributed by atoms with Gasteiger partial charge in [0, 0.05) is 20.0 Å². The molecule has 1 aromatic heterocycles. The number of hydrogen-bond acceptors (Lipinski definition) is 5. The monoisotopic (exact) mass is 451 g/mol. The van der Waals surface area contributed by atoms with Gasteiger partial charge in [0.2, 0.25) is 15.9 Å². The molecule has 3 aromatic rings. The Morgan fingerprint density at radius 1 is 1.12 bits per heavy atom. The Morgan fingerprint density at radius 3 is 2.62 bits per heavy atom. The summed E-state index contributed by atoms with van der Waals surface area (Å²) in [4.78, 5) is 11.7. The van der Waals surface area contributed by atoms with E-state index in [1.54, 1.807) is 42.4 Å². The largest absolute Gasteiger partial charge is 0.354 e. The van der Waals surface area contributed by atoms with Crippen LogP contribution >= 0.6 is 0 Å². The van der Waals surface area contributed by atoms with Gasteiger partial charge in [-0.3, -0.25) is 4.79 Å². The number of sulfonamides is 1. The van der Waals surface area contributed by atoms with Crippen molar-refractivity contribution in [2.24, 2.45) is 0 Å². The number of benzene rings is 2. The number of carbonyl (C=O) groups is 1. The van der Waals surface area contributed by atoms with Crippen LogP contribution < -0.4 is 5.32 Å². The average Bonchev–Trinajstić information content (AvgIpc) is 3.11. The van der Waals surface area contributed by atoms with Crippen molar-refractivity contribution in [1.82, 2.24) is 9.46 Å². The Balaban J connectivity index is 1.62. The molecule has 0 saturated heterocycles. The van der Waals surface area contributed by atoms with Gasteiger partial charge < -0.3 is 9.84 Å². The smallest absolute Gasteiger partial charge is 0.243 e. The average molecular weight is 452 g/mol. The van der Waals surface area contributed by atoms with Crippen LogP contribution in [0.25, 0.3) is 12.2 Å². The van der Waals surface area contributed by atoms with E-state index in [-0.39, 0.29) is 10.8 Å². The summed E-state index contributed by atoms with van der Waals surface area (Å²) in [7, 11) is -3.65. The number of fused-ring (bicyclic) bond motifs is 1. The Kier molecular flexibility index (Phi) is 5.99. The topological polar surface area (TPSA) is 92.5 Å². The molecule has 2 heterocycles. The summed E-state index contributed by atoms with van der Waals surface area (Å²) in [6.45, 7) is 5.77. The van der Waals surface area contributed by atoms with Gasteiger partial charge in [0.1, 0.15) is 11.4 Å². The third-order valence-corrected chi connectivity index (χ3v) is 7.53. The number of amides is 1. The number of hydrogen-bond donors (Lipinski definition) is 1. The van der Waals surface area contributed by atoms with Crippen LogP contribution in [-0.4, -0.2) is 30.3 Å². The van der Waals surface area contributed by atoms with Crippen LogP contribution in [-0.2, 0) is 27.8 Å². The molecule has 0 bridgehead atoms. The first-order valence-corrected chi connectivity index (χ1v) is 11.8. The zero-order valence-electron chi connectivity index (χ0n) is 18.3. The Hall–Kier alpha value is -3.23. The summed E-state index contributed by atoms with van der Waals surface area (Å²) < 4.78 is 33.7. The predicted molar refractivity (Wildman–Crippen MR) is 123 cm³/mol. The Morgan fingerprint density at radius 2 is 1.88 bits per heavy atom. The lowest BCUT2D eigenvalue weighted by Crippen LogP contribution is -2.36. The van der Waals surface area contributed by atoms with Crippen molar-refractivity contribution in [2.75, 3.05) is 11.9 Å². The van der Waals surface area contributed by atoms with Gasteiger partial charge in [0.05, 0.1) is 4.90 Å². The normalized spacial score (nSPS) is 14.5. The molecule has 0 aliphatic carbocycles. The highest BCUT2D eigenvalue weighted by Crippen LogP contribution is 2.28. The predicted octanol–water partition coefficient (Wildman–Crippen LogP) is 4.17. The van der Waals surface area contributed by atoms with Gasteiger partial charge >= 0.3 is 0 Å². The Labute approximate surface area is 187 Å². The molecule has 166 valence electrons. The molecule has 7 nitrogen and oxygen atoms in total. The van der Waals surface area contributed by atoms with Crippen LogP contribution in [0, 0.1) is 13.8 Å². The maximum absolute atomic E-state index is 13.4. The molecule has 0 atom stereocenters. The highest BCUT2D eigenvalue weighted by Gasteiger charge is 2.29. The number of rotatable bonds is 5. The molecular weight excluding hydrogens is 426 g/mol. The van der Waals surface area contributed by atoms with E-state index in [2.05, 4.69) is 16.5 Å². The number of aryl methyl sites for hydroxylation is 2. The first-order chi connectivity index (χ1) is 15.3. The van der Waals surface area contributed by atoms with E-state index in [9.17, 15) is 13.2 Å². The van der Waals surface area contributed by atoms with Crippen LogP contribution in [0.1, 0.15) is 40.6 Å². The highest BCUT2D eigenvalue weighted by molar-refractivity contribution is 7.89. The lowest BCUT2D eigenvalue weighted by molar-refractivity contribution is -0.114. The van der Waals surface area contributed by atoms with Crippen molar-refractivity contribution in [3.05, 3.63) is 76.2 Å². The van der Waals surface area contributed by atoms with Gasteiger partial charge in [-0.2, -0.15) is 4.31 Å². The molecule has 1 aliphatic heterocycles. The third-order valence-electron chi connectivity index (χ3n) is 5.54. The molecule has 0 unspecified atom stereocenters. The minimum Gasteiger partial charge on any atom is -0.354 e. The van der Waals surface area contributed by atoms with Gasteiger partial charge in [-0.15, -0.1) is 0 Å². The summed E-state index contributed by atoms with van der Waals surface area (Å²) in [5.74, 6) is 0.174. The van der Waals surface area contributed by atoms with Crippen molar-refractivity contribution in [3.63, 3.8) is 0 Å². The van der Waals surface area contributed by atoms with Gasteiger partial charge in [-0.25, -0.2) is 8.42 Å². The van der Waals surface area contributed by atoms with Crippen LogP contribution in [0.3, 0.4) is 0 Å². The van der Waals surface area contributed by atoms with E-state index in [0.717, 1.165) is 5.56 Å². The zero-order valence-corrected chi connectivity index (χ0v) is 19.1. The van der Waals surface area contributed by atoms with Crippen LogP contribution in [0.15, 0.2) is 51.9 Å². The van der Waals surface area contributed by atoms with Crippen molar-refractivity contribution in [1.29, 1.82) is 0 Å². The molecule has 0 spiro atoms. The number of nitrogens with one attached hydrogen (secondary N) is 1. The van der Waals surface area contributed by atoms with E-state index in [0.29, 0.717) is 47.8 Å². The lowest BCUT2D eigenvalue weighted by atomic mass is 10.0. The highest BCUT2D eigenvalue weighted by atomic mass is 32.2. The van der Waals surface area contributed by atoms with Gasteiger partial charge in [0.15, 0.2) is 5.76 Å². The van der Waals surface area contributed by atoms with Crippen molar-refractivity contribution in [3.8, 4) is 0 Å². The Bertz CT molecular complexity index is 1310. The molecule has 0 radical (unpaired) electrons. The minimum atomic E-state index is -3.65. The molecule has 0 saturated carbocycles. The maximum atomic E-state index is 13.4. The fourth-order valence-corrected chi connectivity index (χ4v) is 5.49. The molecule has 0 fully saturated rings. The molecule has 4 rings (SSSR count). The molecule has 1 amide bonds. The molecule has 8 heteroatoms. The summed E-state index contributed by atoms with van der Waals surface area (Å²) >= 11 is 0. The molecular formula is C24H25N3O4S. The number of nitrogens with zero attached hydrogens (tertiary/aromatic N) is 2. The quantitative estimate of drug-likeness (QED) is 0.629. The number of aromatic nitrogens is 1. The standard InChI is InChI=1S/C24H25N3O4S/c1-16-8-9-19(10-11-22-24(25-18(3)28)17(2)26-31-22)14-23(16)32(29,30)27-13-12-20-6-4-5-7-21(20)15-27/h4-11,14H,12-13,15H2,1-3H3,(H,25,28). The second kappa shape index (κ2) is 8.72. The van der Waals surface area contributed by atoms with Crippen molar-refractivity contribution < 1.29 is 17.7 Å². The van der Waals surface area contributed by atoms with E-state index in [1.165, 1.54) is 12.5 Å². The van der Waals surface area contributed by atoms with Crippen LogP contribution in [0.2, 0.25) is 0 Å². The van der Waals surface area contributed by atoms with Crippen molar-refractivity contribution >= 4 is 33.8 Å². The van der Waals surface area contributed by atoms with E-state index in [4.69, 9.17) is 4.52 Å². The van der Waals surface area contributed by atoms with E-state index in [1.807, 2.05) is 24.3 Å². The fourth-order valence-electron chi connectivity index (χ4n) is 3.81. The fraction of sp³-hybridized carbons (Fsp3) is 0.250. The van der Waals surface area contributed by atoms with Crippen LogP contribution in [0.5, 0.6) is 0 Å². The van der Waals surface area contributed by atoms with E-state index >= 15 is 0 Å². The van der Waals surface area contributed by atoms with Gasteiger partial charge in [0.25, 0.3) is 0 Å². The second-order valence-electron chi connectivity index (χ2n) is 7.90. The van der Waals surface area contributed by atoms with Gasteiger partial charge in [-0.1, -0.05) is 47.6 Å². The molecule has 2 aromatic carbocycles. The summed E-state index contributed by atoms with van der Waals surface area (Å²) in [6.07, 6.45) is 4.11. The first kappa shape index (κ1) is 22.0. The summed E-state index contributed by atoms with van der Waals surface area (Å²) in [6, 6.07) is 13.3. The summed E-state index contributed by atoms with van der Waals surface area (Å²) in [5.41, 5.74) is 4.70. The minimum absolute atomic E-state index is 0.224. The van der Waals surface area contributed by atoms with Crippen molar-refractivity contribution in [2.45, 2.75) is 38.6 Å². The second-order valence-corrected chi connectivity index (χ2v) is 9.81. The van der Waals surface area contributed by atoms with E-state index < -0.39 is 10.0 Å².